The van der Waals surface area contributed by atoms with E-state index in [0.29, 0.717) is 11.5 Å². The van der Waals surface area contributed by atoms with E-state index >= 15 is 0 Å². The van der Waals surface area contributed by atoms with Crippen LogP contribution in [0.25, 0.3) is 0 Å². The normalized spacial score (nSPS) is 12.0. The average Bonchev–Trinajstić information content (AvgIpc) is 3.00. The van der Waals surface area contributed by atoms with Crippen molar-refractivity contribution >= 4 is 23.3 Å². The second-order valence-corrected chi connectivity index (χ2v) is 5.13. The number of nitrogens with one attached hydrogen (secondary N) is 2. The van der Waals surface area contributed by atoms with Crippen LogP contribution in [0.5, 0.6) is 0 Å². The molecule has 0 aromatic carbocycles. The summed E-state index contributed by atoms with van der Waals surface area (Å²) in [5.74, 6) is -0.339. The number of hydrogen-bond acceptors (Lipinski definition) is 5. The van der Waals surface area contributed by atoms with Gasteiger partial charge in [-0.25, -0.2) is 4.98 Å². The molecule has 0 spiro atoms. The molecule has 1 atom stereocenters. The van der Waals surface area contributed by atoms with Gasteiger partial charge < -0.3 is 20.8 Å². The van der Waals surface area contributed by atoms with Gasteiger partial charge in [0.1, 0.15) is 11.9 Å². The number of rotatable bonds is 5. The van der Waals surface area contributed by atoms with E-state index in [0.717, 1.165) is 0 Å². The van der Waals surface area contributed by atoms with E-state index in [1.807, 2.05) is 13.8 Å². The van der Waals surface area contributed by atoms with Crippen molar-refractivity contribution in [3.8, 4) is 0 Å². The Kier molecular flexibility index (Phi) is 4.77. The van der Waals surface area contributed by atoms with Crippen molar-refractivity contribution in [3.63, 3.8) is 0 Å². The van der Waals surface area contributed by atoms with Gasteiger partial charge in [0.25, 0.3) is 5.91 Å². The zero-order valence-corrected chi connectivity index (χ0v) is 12.4. The first-order valence-electron chi connectivity index (χ1n) is 6.84. The monoisotopic (exact) mass is 302 g/mol. The van der Waals surface area contributed by atoms with E-state index in [2.05, 4.69) is 15.6 Å². The maximum absolute atomic E-state index is 12.3. The first-order valence-corrected chi connectivity index (χ1v) is 6.84. The summed E-state index contributed by atoms with van der Waals surface area (Å²) in [6, 6.07) is 5.68. The topological polar surface area (TPSA) is 110 Å². The van der Waals surface area contributed by atoms with E-state index < -0.39 is 11.9 Å². The van der Waals surface area contributed by atoms with Crippen molar-refractivity contribution in [2.24, 2.45) is 5.92 Å². The molecule has 0 saturated carbocycles. The van der Waals surface area contributed by atoms with Gasteiger partial charge in [-0.1, -0.05) is 13.8 Å². The van der Waals surface area contributed by atoms with Crippen LogP contribution in [0, 0.1) is 5.92 Å². The third kappa shape index (κ3) is 3.85. The average molecular weight is 302 g/mol. The minimum absolute atomic E-state index is 0.0966. The molecule has 1 unspecified atom stereocenters. The molecule has 0 aliphatic carbocycles. The van der Waals surface area contributed by atoms with Gasteiger partial charge in [-0.2, -0.15) is 0 Å². The predicted octanol–water partition coefficient (Wildman–Crippen LogP) is 1.65. The van der Waals surface area contributed by atoms with Gasteiger partial charge in [-0.15, -0.1) is 0 Å². The first kappa shape index (κ1) is 15.6. The minimum atomic E-state index is -0.699. The van der Waals surface area contributed by atoms with Crippen LogP contribution in [-0.2, 0) is 4.79 Å². The Labute approximate surface area is 127 Å². The van der Waals surface area contributed by atoms with E-state index in [1.165, 1.54) is 18.5 Å². The molecular weight excluding hydrogens is 284 g/mol. The Balaban J connectivity index is 2.05. The number of nitrogens with two attached hydrogens (primary N) is 1. The maximum Gasteiger partial charge on any atom is 0.287 e. The largest absolute Gasteiger partial charge is 0.459 e. The molecule has 2 aromatic heterocycles. The predicted molar refractivity (Wildman–Crippen MR) is 82.1 cm³/mol. The molecule has 0 saturated heterocycles. The number of hydrogen-bond donors (Lipinski definition) is 3. The molecule has 0 aliphatic heterocycles. The van der Waals surface area contributed by atoms with Gasteiger partial charge in [0.05, 0.1) is 18.1 Å². The van der Waals surface area contributed by atoms with Crippen LogP contribution in [0.4, 0.5) is 11.5 Å². The Bertz CT molecular complexity index is 635. The van der Waals surface area contributed by atoms with Crippen LogP contribution in [0.15, 0.2) is 41.1 Å². The van der Waals surface area contributed by atoms with Gasteiger partial charge in [-0.05, 0) is 30.2 Å². The van der Waals surface area contributed by atoms with Crippen LogP contribution in [-0.4, -0.2) is 22.8 Å². The Morgan fingerprint density at radius 3 is 2.59 bits per heavy atom. The van der Waals surface area contributed by atoms with Crippen LogP contribution in [0.1, 0.15) is 24.4 Å². The lowest BCUT2D eigenvalue weighted by Crippen LogP contribution is -2.47. The number of pyridine rings is 1. The molecule has 7 heteroatoms. The zero-order valence-electron chi connectivity index (χ0n) is 12.4. The molecule has 0 fully saturated rings. The van der Waals surface area contributed by atoms with Crippen LogP contribution in [0.3, 0.4) is 0 Å². The van der Waals surface area contributed by atoms with E-state index in [4.69, 9.17) is 10.2 Å². The number of anilines is 2. The summed E-state index contributed by atoms with van der Waals surface area (Å²) in [5.41, 5.74) is 6.01. The molecule has 116 valence electrons. The highest BCUT2D eigenvalue weighted by Gasteiger charge is 2.25. The molecule has 0 bridgehead atoms. The van der Waals surface area contributed by atoms with Gasteiger partial charge in [0.2, 0.25) is 5.91 Å². The van der Waals surface area contributed by atoms with Crippen molar-refractivity contribution in [3.05, 3.63) is 42.5 Å². The van der Waals surface area contributed by atoms with Gasteiger partial charge in [0, 0.05) is 0 Å². The second kappa shape index (κ2) is 6.75. The Morgan fingerprint density at radius 2 is 2.05 bits per heavy atom. The van der Waals surface area contributed by atoms with Crippen molar-refractivity contribution in [1.82, 2.24) is 10.3 Å². The lowest BCUT2D eigenvalue weighted by atomic mass is 10.0. The first-order chi connectivity index (χ1) is 10.5. The fourth-order valence-electron chi connectivity index (χ4n) is 1.85. The number of carbonyl (C=O) groups is 2. The quantitative estimate of drug-likeness (QED) is 0.777. The number of nitrogen functional groups attached to an aromatic ring is 1. The molecule has 2 amide bonds. The fourth-order valence-corrected chi connectivity index (χ4v) is 1.85. The molecular formula is C15H18N4O3. The number of aromatic nitrogens is 1. The van der Waals surface area contributed by atoms with Crippen molar-refractivity contribution in [1.29, 1.82) is 0 Å². The molecule has 2 heterocycles. The lowest BCUT2D eigenvalue weighted by molar-refractivity contribution is -0.118. The summed E-state index contributed by atoms with van der Waals surface area (Å²) >= 11 is 0. The highest BCUT2D eigenvalue weighted by atomic mass is 16.3. The summed E-state index contributed by atoms with van der Waals surface area (Å²) in [7, 11) is 0. The molecule has 7 nitrogen and oxygen atoms in total. The number of furan rings is 1. The number of carbonyl (C=O) groups excluding carboxylic acids is 2. The Morgan fingerprint density at radius 1 is 1.27 bits per heavy atom. The summed E-state index contributed by atoms with van der Waals surface area (Å²) in [5, 5.41) is 5.36. The molecule has 2 rings (SSSR count). The van der Waals surface area contributed by atoms with Crippen molar-refractivity contribution in [2.45, 2.75) is 19.9 Å². The third-order valence-corrected chi connectivity index (χ3v) is 3.03. The van der Waals surface area contributed by atoms with E-state index in [-0.39, 0.29) is 17.6 Å². The summed E-state index contributed by atoms with van der Waals surface area (Å²) < 4.78 is 5.02. The summed E-state index contributed by atoms with van der Waals surface area (Å²) in [6.07, 6.45) is 2.86. The molecule has 22 heavy (non-hydrogen) atoms. The molecule has 0 radical (unpaired) electrons. The molecule has 0 aliphatic rings. The Hall–Kier alpha value is -2.83. The molecule has 2 aromatic rings. The van der Waals surface area contributed by atoms with Gasteiger partial charge in [0.15, 0.2) is 5.76 Å². The van der Waals surface area contributed by atoms with E-state index in [1.54, 1.807) is 18.2 Å². The summed E-state index contributed by atoms with van der Waals surface area (Å²) in [6.45, 7) is 3.68. The number of amides is 2. The second-order valence-electron chi connectivity index (χ2n) is 5.13. The standard InChI is InChI=1S/C15H18N4O3/c1-9(2)13(19-14(20)11-4-3-7-22-11)15(21)18-10-5-6-12(16)17-8-10/h3-9,13H,1-2H3,(H2,16,17)(H,18,21)(H,19,20). The molecule has 4 N–H and O–H groups in total. The van der Waals surface area contributed by atoms with Crippen molar-refractivity contribution < 1.29 is 14.0 Å². The third-order valence-electron chi connectivity index (χ3n) is 3.03. The van der Waals surface area contributed by atoms with Crippen molar-refractivity contribution in [2.75, 3.05) is 11.1 Å². The smallest absolute Gasteiger partial charge is 0.287 e. The highest BCUT2D eigenvalue weighted by Crippen LogP contribution is 2.11. The fraction of sp³-hybridized carbons (Fsp3) is 0.267. The zero-order chi connectivity index (χ0) is 16.1. The van der Waals surface area contributed by atoms with Crippen LogP contribution in [0.2, 0.25) is 0 Å². The SMILES string of the molecule is CC(C)C(NC(=O)c1ccco1)C(=O)Nc1ccc(N)nc1. The maximum atomic E-state index is 12.3. The summed E-state index contributed by atoms with van der Waals surface area (Å²) in [4.78, 5) is 28.2. The van der Waals surface area contributed by atoms with Gasteiger partial charge >= 0.3 is 0 Å². The number of nitrogens with zero attached hydrogens (tertiary/aromatic N) is 1. The highest BCUT2D eigenvalue weighted by molar-refractivity contribution is 6.00. The van der Waals surface area contributed by atoms with Crippen LogP contribution < -0.4 is 16.4 Å². The lowest BCUT2D eigenvalue weighted by Gasteiger charge is -2.21. The van der Waals surface area contributed by atoms with E-state index in [9.17, 15) is 9.59 Å². The van der Waals surface area contributed by atoms with Gasteiger partial charge in [-0.3, -0.25) is 9.59 Å². The van der Waals surface area contributed by atoms with Crippen LogP contribution >= 0.6 is 0 Å². The minimum Gasteiger partial charge on any atom is -0.459 e.